The first kappa shape index (κ1) is 9.46. The van der Waals surface area contributed by atoms with Crippen LogP contribution in [-0.2, 0) is 4.57 Å². The number of allylic oxidation sites excluding steroid dienone is 2. The van der Waals surface area contributed by atoms with Crippen LogP contribution in [-0.4, -0.2) is 19.5 Å². The average molecular weight is 157 g/mol. The molecule has 0 aliphatic heterocycles. The highest BCUT2D eigenvalue weighted by Gasteiger charge is 2.06. The van der Waals surface area contributed by atoms with Gasteiger partial charge in [-0.1, -0.05) is 5.57 Å². The Balaban J connectivity index is 4.08. The molecule has 0 aromatic carbocycles. The monoisotopic (exact) mass is 157 g/mol. The third-order valence-electron chi connectivity index (χ3n) is 0.941. The summed E-state index contributed by atoms with van der Waals surface area (Å²) in [5.41, 5.74) is 0.899. The Kier molecular flexibility index (Phi) is 3.39. The molecular formula is C7H12NOP. The number of hydrogen-bond donors (Lipinski definition) is 0. The van der Waals surface area contributed by atoms with E-state index >= 15 is 0 Å². The molecule has 0 unspecified atom stereocenters. The van der Waals surface area contributed by atoms with Crippen molar-refractivity contribution in [1.29, 1.82) is 5.26 Å². The Hall–Kier alpha value is -0.540. The topological polar surface area (TPSA) is 40.9 Å². The van der Waals surface area contributed by atoms with E-state index < -0.39 is 7.14 Å². The molecule has 56 valence electrons. The Morgan fingerprint density at radius 2 is 2.20 bits per heavy atom. The number of nitrogens with zero attached hydrogens (tertiary/aromatic N) is 1. The first-order chi connectivity index (χ1) is 4.45. The maximum Gasteiger partial charge on any atom is 0.0911 e. The van der Waals surface area contributed by atoms with E-state index in [4.69, 9.17) is 5.26 Å². The molecule has 0 amide bonds. The molecule has 0 saturated heterocycles. The lowest BCUT2D eigenvalue weighted by atomic mass is 10.3. The molecule has 0 aromatic rings. The first-order valence-electron chi connectivity index (χ1n) is 3.05. The van der Waals surface area contributed by atoms with E-state index in [1.54, 1.807) is 13.3 Å². The smallest absolute Gasteiger partial charge is 0.0911 e. The van der Waals surface area contributed by atoms with Crippen LogP contribution < -0.4 is 0 Å². The van der Waals surface area contributed by atoms with Gasteiger partial charge in [-0.05, 0) is 20.3 Å². The van der Waals surface area contributed by atoms with Crippen molar-refractivity contribution in [1.82, 2.24) is 0 Å². The van der Waals surface area contributed by atoms with Gasteiger partial charge in [0.05, 0.1) is 13.2 Å². The lowest BCUT2D eigenvalue weighted by Gasteiger charge is -2.03. The molecule has 0 fully saturated rings. The van der Waals surface area contributed by atoms with Crippen LogP contribution in [0.15, 0.2) is 11.6 Å². The van der Waals surface area contributed by atoms with Crippen LogP contribution in [0.1, 0.15) is 6.92 Å². The number of nitriles is 1. The van der Waals surface area contributed by atoms with Crippen LogP contribution >= 0.6 is 7.14 Å². The number of hydrogen-bond acceptors (Lipinski definition) is 2. The van der Waals surface area contributed by atoms with Crippen LogP contribution in [0.5, 0.6) is 0 Å². The summed E-state index contributed by atoms with van der Waals surface area (Å²) in [5, 5.41) is 8.22. The third kappa shape index (κ3) is 5.59. The standard InChI is InChI=1S/C7H12NOP/c1-7(4-5-8)6-10(2,3)9/h4H,6H2,1-3H3/b7-4+. The molecule has 10 heavy (non-hydrogen) atoms. The molecule has 0 aromatic heterocycles. The van der Waals surface area contributed by atoms with Crippen molar-refractivity contribution in [3.63, 3.8) is 0 Å². The minimum atomic E-state index is -1.97. The van der Waals surface area contributed by atoms with Gasteiger partial charge in [-0.3, -0.25) is 0 Å². The highest BCUT2D eigenvalue weighted by atomic mass is 31.2. The highest BCUT2D eigenvalue weighted by Crippen LogP contribution is 2.37. The van der Waals surface area contributed by atoms with Crippen molar-refractivity contribution in [2.45, 2.75) is 6.92 Å². The summed E-state index contributed by atoms with van der Waals surface area (Å²) in [5.74, 6) is 0. The van der Waals surface area contributed by atoms with E-state index in [0.717, 1.165) is 5.57 Å². The Bertz CT molecular complexity index is 218. The van der Waals surface area contributed by atoms with E-state index in [1.807, 2.05) is 13.0 Å². The zero-order valence-electron chi connectivity index (χ0n) is 6.59. The average Bonchev–Trinajstić information content (AvgIpc) is 1.59. The minimum Gasteiger partial charge on any atom is -0.324 e. The van der Waals surface area contributed by atoms with Crippen LogP contribution in [0.4, 0.5) is 0 Å². The van der Waals surface area contributed by atoms with Gasteiger partial charge < -0.3 is 4.57 Å². The van der Waals surface area contributed by atoms with Gasteiger partial charge >= 0.3 is 0 Å². The summed E-state index contributed by atoms with van der Waals surface area (Å²) in [6, 6.07) is 1.91. The van der Waals surface area contributed by atoms with Crippen LogP contribution in [0.3, 0.4) is 0 Å². The summed E-state index contributed by atoms with van der Waals surface area (Å²) < 4.78 is 11.1. The van der Waals surface area contributed by atoms with Crippen LogP contribution in [0, 0.1) is 11.3 Å². The molecule has 0 spiro atoms. The number of rotatable bonds is 2. The molecule has 0 bridgehead atoms. The molecule has 0 saturated carbocycles. The van der Waals surface area contributed by atoms with Gasteiger partial charge in [0.15, 0.2) is 0 Å². The normalized spacial score (nSPS) is 12.8. The van der Waals surface area contributed by atoms with E-state index in [-0.39, 0.29) is 0 Å². The van der Waals surface area contributed by atoms with Crippen LogP contribution in [0.2, 0.25) is 0 Å². The Morgan fingerprint density at radius 3 is 2.50 bits per heavy atom. The van der Waals surface area contributed by atoms with E-state index in [0.29, 0.717) is 6.16 Å². The minimum absolute atomic E-state index is 0.556. The molecule has 0 aliphatic rings. The second-order valence-corrected chi connectivity index (χ2v) is 6.32. The van der Waals surface area contributed by atoms with E-state index in [1.165, 1.54) is 6.08 Å². The van der Waals surface area contributed by atoms with Gasteiger partial charge in [0.25, 0.3) is 0 Å². The predicted molar refractivity (Wildman–Crippen MR) is 43.7 cm³/mol. The molecule has 0 aliphatic carbocycles. The lowest BCUT2D eigenvalue weighted by molar-refractivity contribution is 0.583. The lowest BCUT2D eigenvalue weighted by Crippen LogP contribution is -1.86. The van der Waals surface area contributed by atoms with Crippen molar-refractivity contribution < 1.29 is 4.57 Å². The zero-order valence-corrected chi connectivity index (χ0v) is 7.48. The van der Waals surface area contributed by atoms with Crippen LogP contribution in [0.25, 0.3) is 0 Å². The second-order valence-electron chi connectivity index (χ2n) is 2.85. The quantitative estimate of drug-likeness (QED) is 0.454. The van der Waals surface area contributed by atoms with Crippen molar-refractivity contribution in [2.75, 3.05) is 19.5 Å². The molecule has 0 rings (SSSR count). The van der Waals surface area contributed by atoms with Crippen molar-refractivity contribution in [2.24, 2.45) is 0 Å². The fourth-order valence-corrected chi connectivity index (χ4v) is 2.05. The second kappa shape index (κ2) is 3.58. The van der Waals surface area contributed by atoms with Gasteiger partial charge in [0, 0.05) is 12.2 Å². The highest BCUT2D eigenvalue weighted by molar-refractivity contribution is 7.62. The summed E-state index contributed by atoms with van der Waals surface area (Å²) in [7, 11) is -1.97. The molecule has 0 heterocycles. The van der Waals surface area contributed by atoms with Gasteiger partial charge in [-0.25, -0.2) is 0 Å². The molecule has 0 N–H and O–H groups in total. The fourth-order valence-electron chi connectivity index (χ4n) is 0.756. The SMILES string of the molecule is C/C(=C\C#N)CP(C)(C)=O. The van der Waals surface area contributed by atoms with E-state index in [9.17, 15) is 4.57 Å². The zero-order chi connectivity index (χ0) is 8.20. The largest absolute Gasteiger partial charge is 0.324 e. The molecule has 0 atom stereocenters. The molecule has 3 heteroatoms. The summed E-state index contributed by atoms with van der Waals surface area (Å²) in [6.07, 6.45) is 2.00. The maximum atomic E-state index is 11.1. The summed E-state index contributed by atoms with van der Waals surface area (Å²) in [6.45, 7) is 5.27. The fraction of sp³-hybridized carbons (Fsp3) is 0.571. The molecule has 0 radical (unpaired) electrons. The summed E-state index contributed by atoms with van der Waals surface area (Å²) >= 11 is 0. The van der Waals surface area contributed by atoms with Crippen molar-refractivity contribution >= 4 is 7.14 Å². The first-order valence-corrected chi connectivity index (χ1v) is 5.83. The third-order valence-corrected chi connectivity index (χ3v) is 2.20. The van der Waals surface area contributed by atoms with Gasteiger partial charge in [0.1, 0.15) is 0 Å². The van der Waals surface area contributed by atoms with E-state index in [2.05, 4.69) is 0 Å². The Morgan fingerprint density at radius 1 is 1.70 bits per heavy atom. The van der Waals surface area contributed by atoms with Crippen molar-refractivity contribution in [3.8, 4) is 6.07 Å². The van der Waals surface area contributed by atoms with Gasteiger partial charge in [-0.15, -0.1) is 0 Å². The van der Waals surface area contributed by atoms with Gasteiger partial charge in [-0.2, -0.15) is 5.26 Å². The van der Waals surface area contributed by atoms with Gasteiger partial charge in [0.2, 0.25) is 0 Å². The molecular weight excluding hydrogens is 145 g/mol. The molecule has 2 nitrogen and oxygen atoms in total. The predicted octanol–water partition coefficient (Wildman–Crippen LogP) is 2.08. The maximum absolute atomic E-state index is 11.1. The summed E-state index contributed by atoms with van der Waals surface area (Å²) in [4.78, 5) is 0. The Labute approximate surface area is 61.9 Å². The van der Waals surface area contributed by atoms with Crippen molar-refractivity contribution in [3.05, 3.63) is 11.6 Å².